The highest BCUT2D eigenvalue weighted by Crippen LogP contribution is 2.33. The van der Waals surface area contributed by atoms with Crippen LogP contribution in [-0.2, 0) is 4.74 Å². The quantitative estimate of drug-likeness (QED) is 0.778. The minimum atomic E-state index is -0.302. The second kappa shape index (κ2) is 5.52. The van der Waals surface area contributed by atoms with Crippen LogP contribution in [0.1, 0.15) is 43.0 Å². The molecule has 0 amide bonds. The molecule has 1 heterocycles. The lowest BCUT2D eigenvalue weighted by Crippen LogP contribution is -2.53. The number of fused-ring (bicyclic) bond motifs is 1. The molecule has 2 unspecified atom stereocenters. The Morgan fingerprint density at radius 3 is 2.90 bits per heavy atom. The molecule has 1 aromatic carbocycles. The topological polar surface area (TPSA) is 29.5 Å². The van der Waals surface area contributed by atoms with E-state index in [0.717, 1.165) is 19.4 Å². The van der Waals surface area contributed by atoms with Crippen LogP contribution in [0.15, 0.2) is 18.2 Å². The van der Waals surface area contributed by atoms with Crippen molar-refractivity contribution in [3.05, 3.63) is 29.6 Å². The van der Waals surface area contributed by atoms with Crippen LogP contribution in [0.25, 0.3) is 0 Å². The van der Waals surface area contributed by atoms with Crippen molar-refractivity contribution in [3.8, 4) is 0 Å². The Bertz CT molecular complexity index is 515. The number of ketones is 1. The second-order valence-electron chi connectivity index (χ2n) is 5.68. The summed E-state index contributed by atoms with van der Waals surface area (Å²) >= 11 is 0. The summed E-state index contributed by atoms with van der Waals surface area (Å²) in [5, 5.41) is 0. The highest BCUT2D eigenvalue weighted by Gasteiger charge is 2.35. The molecule has 0 aromatic heterocycles. The summed E-state index contributed by atoms with van der Waals surface area (Å²) in [6.45, 7) is 2.83. The Hall–Kier alpha value is -1.42. The molecule has 1 saturated carbocycles. The fourth-order valence-electron chi connectivity index (χ4n) is 3.35. The van der Waals surface area contributed by atoms with Crippen molar-refractivity contribution in [2.45, 2.75) is 44.8 Å². The second-order valence-corrected chi connectivity index (χ2v) is 5.68. The van der Waals surface area contributed by atoms with Gasteiger partial charge in [0.2, 0.25) is 0 Å². The number of rotatable bonds is 2. The number of carbonyl (C=O) groups excluding carboxylic acids is 1. The molecule has 108 valence electrons. The monoisotopic (exact) mass is 277 g/mol. The third-order valence-electron chi connectivity index (χ3n) is 4.40. The highest BCUT2D eigenvalue weighted by atomic mass is 19.1. The van der Waals surface area contributed by atoms with Gasteiger partial charge in [0.25, 0.3) is 0 Å². The molecule has 0 N–H and O–H groups in total. The van der Waals surface area contributed by atoms with E-state index >= 15 is 0 Å². The number of hydrogen-bond acceptors (Lipinski definition) is 3. The normalized spacial score (nSPS) is 26.2. The predicted octanol–water partition coefficient (Wildman–Crippen LogP) is 3.18. The number of halogens is 1. The molecule has 0 bridgehead atoms. The van der Waals surface area contributed by atoms with Gasteiger partial charge in [0.15, 0.2) is 5.78 Å². The Kier molecular flexibility index (Phi) is 3.74. The van der Waals surface area contributed by atoms with Gasteiger partial charge in [-0.2, -0.15) is 0 Å². The van der Waals surface area contributed by atoms with Crippen LogP contribution >= 0.6 is 0 Å². The third kappa shape index (κ3) is 2.44. The smallest absolute Gasteiger partial charge is 0.159 e. The lowest BCUT2D eigenvalue weighted by atomic mass is 9.89. The zero-order chi connectivity index (χ0) is 14.1. The molecular weight excluding hydrogens is 257 g/mol. The summed E-state index contributed by atoms with van der Waals surface area (Å²) in [6.07, 6.45) is 4.71. The maximum Gasteiger partial charge on any atom is 0.159 e. The van der Waals surface area contributed by atoms with Gasteiger partial charge in [-0.3, -0.25) is 4.79 Å². The van der Waals surface area contributed by atoms with E-state index in [1.165, 1.54) is 25.8 Å². The Morgan fingerprint density at radius 1 is 1.35 bits per heavy atom. The van der Waals surface area contributed by atoms with Gasteiger partial charge >= 0.3 is 0 Å². The largest absolute Gasteiger partial charge is 0.374 e. The molecule has 3 rings (SSSR count). The fraction of sp³-hybridized carbons (Fsp3) is 0.562. The van der Waals surface area contributed by atoms with Gasteiger partial charge in [0, 0.05) is 12.1 Å². The molecule has 2 atom stereocenters. The number of morpholine rings is 1. The lowest BCUT2D eigenvalue weighted by molar-refractivity contribution is -0.00891. The molecule has 3 nitrogen and oxygen atoms in total. The molecule has 4 heteroatoms. The summed E-state index contributed by atoms with van der Waals surface area (Å²) in [4.78, 5) is 13.4. The van der Waals surface area contributed by atoms with Crippen molar-refractivity contribution >= 4 is 11.5 Å². The van der Waals surface area contributed by atoms with Gasteiger partial charge in [-0.1, -0.05) is 12.8 Å². The van der Waals surface area contributed by atoms with E-state index in [4.69, 9.17) is 4.74 Å². The van der Waals surface area contributed by atoms with Gasteiger partial charge in [0.1, 0.15) is 5.82 Å². The van der Waals surface area contributed by atoms with E-state index in [9.17, 15) is 9.18 Å². The lowest BCUT2D eigenvalue weighted by Gasteiger charge is -2.45. The molecule has 20 heavy (non-hydrogen) atoms. The number of ether oxygens (including phenoxy) is 1. The van der Waals surface area contributed by atoms with E-state index < -0.39 is 0 Å². The van der Waals surface area contributed by atoms with Gasteiger partial charge in [-0.05, 0) is 38.0 Å². The predicted molar refractivity (Wildman–Crippen MR) is 75.7 cm³/mol. The summed E-state index contributed by atoms with van der Waals surface area (Å²) < 4.78 is 20.1. The first-order valence-electron chi connectivity index (χ1n) is 7.35. The third-order valence-corrected chi connectivity index (χ3v) is 4.40. The van der Waals surface area contributed by atoms with Crippen molar-refractivity contribution < 1.29 is 13.9 Å². The van der Waals surface area contributed by atoms with Crippen LogP contribution in [0, 0.1) is 5.82 Å². The molecular formula is C16H20FNO2. The molecule has 0 spiro atoms. The zero-order valence-electron chi connectivity index (χ0n) is 11.8. The first kappa shape index (κ1) is 13.6. The summed E-state index contributed by atoms with van der Waals surface area (Å²) in [6, 6.07) is 5.08. The maximum absolute atomic E-state index is 14.3. The molecule has 1 aliphatic heterocycles. The molecule has 1 aliphatic carbocycles. The van der Waals surface area contributed by atoms with E-state index in [2.05, 4.69) is 4.90 Å². The van der Waals surface area contributed by atoms with Crippen LogP contribution in [0.2, 0.25) is 0 Å². The van der Waals surface area contributed by atoms with E-state index in [1.54, 1.807) is 12.1 Å². The number of benzene rings is 1. The van der Waals surface area contributed by atoms with Gasteiger partial charge < -0.3 is 9.64 Å². The van der Waals surface area contributed by atoms with Crippen molar-refractivity contribution in [1.82, 2.24) is 0 Å². The Balaban J connectivity index is 1.89. The standard InChI is InChI=1S/C16H20FNO2/c1-11(19)12-6-7-14(13(17)10-12)18-8-9-20-16-5-3-2-4-15(16)18/h6-7,10,15-16H,2-5,8-9H2,1H3. The summed E-state index contributed by atoms with van der Waals surface area (Å²) in [7, 11) is 0. The van der Waals surface area contributed by atoms with Gasteiger partial charge in [0.05, 0.1) is 24.4 Å². The fourth-order valence-corrected chi connectivity index (χ4v) is 3.35. The van der Waals surface area contributed by atoms with Crippen LogP contribution < -0.4 is 4.90 Å². The highest BCUT2D eigenvalue weighted by molar-refractivity contribution is 5.94. The minimum absolute atomic E-state index is 0.104. The average Bonchev–Trinajstić information content (AvgIpc) is 2.46. The number of nitrogens with zero attached hydrogens (tertiary/aromatic N) is 1. The molecule has 2 aliphatic rings. The Labute approximate surface area is 118 Å². The molecule has 1 saturated heterocycles. The first-order chi connectivity index (χ1) is 9.66. The van der Waals surface area contributed by atoms with E-state index in [0.29, 0.717) is 17.9 Å². The van der Waals surface area contributed by atoms with Gasteiger partial charge in [-0.15, -0.1) is 0 Å². The number of hydrogen-bond donors (Lipinski definition) is 0. The van der Waals surface area contributed by atoms with Crippen LogP contribution in [0.5, 0.6) is 0 Å². The van der Waals surface area contributed by atoms with Crippen molar-refractivity contribution in [2.24, 2.45) is 0 Å². The summed E-state index contributed by atoms with van der Waals surface area (Å²) in [5.41, 5.74) is 1.04. The zero-order valence-corrected chi connectivity index (χ0v) is 11.8. The van der Waals surface area contributed by atoms with E-state index in [-0.39, 0.29) is 23.7 Å². The number of carbonyl (C=O) groups is 1. The average molecular weight is 277 g/mol. The maximum atomic E-state index is 14.3. The first-order valence-corrected chi connectivity index (χ1v) is 7.35. The Morgan fingerprint density at radius 2 is 2.15 bits per heavy atom. The van der Waals surface area contributed by atoms with Crippen molar-refractivity contribution in [3.63, 3.8) is 0 Å². The van der Waals surface area contributed by atoms with Crippen molar-refractivity contribution in [1.29, 1.82) is 0 Å². The van der Waals surface area contributed by atoms with E-state index in [1.807, 2.05) is 0 Å². The van der Waals surface area contributed by atoms with Gasteiger partial charge in [-0.25, -0.2) is 4.39 Å². The molecule has 2 fully saturated rings. The summed E-state index contributed by atoms with van der Waals surface area (Å²) in [5.74, 6) is -0.406. The molecule has 0 radical (unpaired) electrons. The van der Waals surface area contributed by atoms with Crippen LogP contribution in [0.3, 0.4) is 0 Å². The molecule has 1 aromatic rings. The van der Waals surface area contributed by atoms with Crippen LogP contribution in [-0.4, -0.2) is 31.1 Å². The minimum Gasteiger partial charge on any atom is -0.374 e. The SMILES string of the molecule is CC(=O)c1ccc(N2CCOC3CCCCC32)c(F)c1. The number of anilines is 1. The number of Topliss-reactive ketones (excluding diaryl/α,β-unsaturated/α-hetero) is 1. The van der Waals surface area contributed by atoms with Crippen molar-refractivity contribution in [2.75, 3.05) is 18.1 Å². The van der Waals surface area contributed by atoms with Crippen LogP contribution in [0.4, 0.5) is 10.1 Å².